The fourth-order valence-electron chi connectivity index (χ4n) is 1.25. The average molecular weight is 303 g/mol. The lowest BCUT2D eigenvalue weighted by molar-refractivity contribution is -0.0499. The fraction of sp³-hybridized carbons (Fsp3) is 0.333. The lowest BCUT2D eigenvalue weighted by Crippen LogP contribution is -2.64. The molecule has 0 saturated carbocycles. The highest BCUT2D eigenvalue weighted by Gasteiger charge is 2.67. The van der Waals surface area contributed by atoms with Crippen molar-refractivity contribution in [2.24, 2.45) is 0 Å². The summed E-state index contributed by atoms with van der Waals surface area (Å²) >= 11 is 0. The van der Waals surface area contributed by atoms with Gasteiger partial charge < -0.3 is 13.6 Å². The number of benzene rings is 1. The summed E-state index contributed by atoms with van der Waals surface area (Å²) in [5.41, 5.74) is -6.07. The van der Waals surface area contributed by atoms with Crippen molar-refractivity contribution < 1.29 is 35.7 Å². The topological polar surface area (TPSA) is 41.9 Å². The zero-order chi connectivity index (χ0) is 14.8. The van der Waals surface area contributed by atoms with E-state index in [0.29, 0.717) is 26.4 Å². The quantitative estimate of drug-likeness (QED) is 0.391. The number of halogens is 5. The van der Waals surface area contributed by atoms with Crippen LogP contribution in [0.15, 0.2) is 18.2 Å². The first kappa shape index (κ1) is 15.8. The van der Waals surface area contributed by atoms with Gasteiger partial charge in [0.15, 0.2) is 11.6 Å². The van der Waals surface area contributed by atoms with Crippen molar-refractivity contribution in [2.45, 2.75) is 5.67 Å². The maximum absolute atomic E-state index is 13.7. The third kappa shape index (κ3) is 2.56. The van der Waals surface area contributed by atoms with Crippen molar-refractivity contribution in [1.82, 2.24) is 0 Å². The monoisotopic (exact) mass is 303 g/mol. The van der Waals surface area contributed by atoms with Crippen LogP contribution in [0.1, 0.15) is 0 Å². The van der Waals surface area contributed by atoms with Crippen LogP contribution in [-0.4, -0.2) is 33.5 Å². The van der Waals surface area contributed by atoms with Gasteiger partial charge >= 0.3 is 14.5 Å². The molecule has 0 amide bonds. The van der Waals surface area contributed by atoms with Crippen LogP contribution in [0.3, 0.4) is 0 Å². The van der Waals surface area contributed by atoms with Crippen molar-refractivity contribution in [2.75, 3.05) is 19.3 Å². The molecule has 0 heterocycles. The van der Waals surface area contributed by atoms with Crippen molar-refractivity contribution >= 4 is 14.5 Å². The van der Waals surface area contributed by atoms with Crippen molar-refractivity contribution in [3.05, 3.63) is 29.8 Å². The van der Waals surface area contributed by atoms with E-state index >= 15 is 0 Å². The van der Waals surface area contributed by atoms with E-state index in [1.165, 1.54) is 0 Å². The van der Waals surface area contributed by atoms with Gasteiger partial charge in [-0.2, -0.15) is 8.78 Å². The normalized spacial score (nSPS) is 12.6. The molecular weight excluding hydrogens is 293 g/mol. The molecule has 0 atom stereocenters. The summed E-state index contributed by atoms with van der Waals surface area (Å²) < 4.78 is 75.3. The van der Waals surface area contributed by atoms with Crippen LogP contribution in [0, 0.1) is 11.6 Å². The summed E-state index contributed by atoms with van der Waals surface area (Å²) in [4.78, 5) is 9.40. The van der Waals surface area contributed by atoms with Gasteiger partial charge in [0.25, 0.3) is 0 Å². The lowest BCUT2D eigenvalue weighted by Gasteiger charge is -2.32. The van der Waals surface area contributed by atoms with E-state index in [2.05, 4.69) is 8.85 Å². The number of anilines is 1. The van der Waals surface area contributed by atoms with Gasteiger partial charge in [0, 0.05) is 14.2 Å². The highest BCUT2D eigenvalue weighted by Crippen LogP contribution is 2.36. The molecule has 1 aromatic rings. The molecule has 1 aromatic carbocycles. The fourth-order valence-corrected chi connectivity index (χ4v) is 2.27. The minimum Gasteiger partial charge on any atom is -0.385 e. The Balaban J connectivity index is 3.25. The molecule has 0 aliphatic rings. The molecule has 0 aliphatic carbocycles. The number of nitrogens with zero attached hydrogens (tertiary/aromatic N) is 1. The predicted octanol–water partition coefficient (Wildman–Crippen LogP) is 2.01. The summed E-state index contributed by atoms with van der Waals surface area (Å²) in [7, 11) is -3.92. The van der Waals surface area contributed by atoms with Crippen LogP contribution < -0.4 is 5.12 Å². The molecule has 19 heavy (non-hydrogen) atoms. The zero-order valence-corrected chi connectivity index (χ0v) is 10.8. The van der Waals surface area contributed by atoms with Gasteiger partial charge in [0.1, 0.15) is 5.69 Å². The minimum absolute atomic E-state index is 0.576. The number of alkyl halides is 2. The maximum atomic E-state index is 13.7. The van der Waals surface area contributed by atoms with E-state index in [0.717, 1.165) is 6.07 Å². The van der Waals surface area contributed by atoms with Gasteiger partial charge in [-0.15, -0.1) is 5.12 Å². The largest absolute Gasteiger partial charge is 0.599 e. The molecule has 0 fully saturated rings. The van der Waals surface area contributed by atoms with E-state index in [-0.39, 0.29) is 0 Å². The Bertz CT molecular complexity index is 457. The van der Waals surface area contributed by atoms with Crippen LogP contribution in [0.5, 0.6) is 0 Å². The Labute approximate surface area is 106 Å². The SMILES string of the molecule is CO[Si](O)(OC)C(F)(F)N(F)c1cccc(F)c1F. The lowest BCUT2D eigenvalue weighted by atomic mass is 10.3. The van der Waals surface area contributed by atoms with E-state index in [1.54, 1.807) is 0 Å². The highest BCUT2D eigenvalue weighted by atomic mass is 28.4. The number of rotatable bonds is 5. The Kier molecular flexibility index (Phi) is 4.50. The van der Waals surface area contributed by atoms with Crippen LogP contribution in [0.25, 0.3) is 0 Å². The predicted molar refractivity (Wildman–Crippen MR) is 56.9 cm³/mol. The van der Waals surface area contributed by atoms with E-state index in [1.807, 2.05) is 0 Å². The molecule has 0 saturated heterocycles. The summed E-state index contributed by atoms with van der Waals surface area (Å²) in [5.74, 6) is -3.34. The summed E-state index contributed by atoms with van der Waals surface area (Å²) in [6.45, 7) is 0. The molecule has 108 valence electrons. The molecule has 0 bridgehead atoms. The first-order chi connectivity index (χ1) is 8.71. The summed E-state index contributed by atoms with van der Waals surface area (Å²) in [5, 5.41) is -1.41. The summed E-state index contributed by atoms with van der Waals surface area (Å²) in [6, 6.07) is 2.03. The molecule has 1 N–H and O–H groups in total. The van der Waals surface area contributed by atoms with Gasteiger partial charge in [-0.1, -0.05) is 10.5 Å². The van der Waals surface area contributed by atoms with E-state index in [4.69, 9.17) is 0 Å². The zero-order valence-electron chi connectivity index (χ0n) is 9.83. The van der Waals surface area contributed by atoms with Crippen LogP contribution in [0.4, 0.5) is 27.7 Å². The first-order valence-corrected chi connectivity index (χ1v) is 6.58. The van der Waals surface area contributed by atoms with Crippen LogP contribution in [-0.2, 0) is 8.85 Å². The Morgan fingerprint density at radius 3 is 2.21 bits per heavy atom. The second-order valence-electron chi connectivity index (χ2n) is 3.39. The molecule has 1 rings (SSSR count). The van der Waals surface area contributed by atoms with Crippen LogP contribution in [0.2, 0.25) is 0 Å². The van der Waals surface area contributed by atoms with Gasteiger partial charge in [0.05, 0.1) is 0 Å². The molecule has 10 heteroatoms. The van der Waals surface area contributed by atoms with E-state index < -0.39 is 36.9 Å². The molecule has 0 aromatic heterocycles. The van der Waals surface area contributed by atoms with Crippen molar-refractivity contribution in [1.29, 1.82) is 0 Å². The summed E-state index contributed by atoms with van der Waals surface area (Å²) in [6.07, 6.45) is 0. The smallest absolute Gasteiger partial charge is 0.385 e. The van der Waals surface area contributed by atoms with Crippen molar-refractivity contribution in [3.63, 3.8) is 0 Å². The standard InChI is InChI=1S/C9H10F5NO3Si/c1-17-19(16,18-2)9(12,13)15(14)7-5-3-4-6(10)8(7)11/h3-5,16H,1-2H3. The maximum Gasteiger partial charge on any atom is 0.599 e. The van der Waals surface area contributed by atoms with Gasteiger partial charge in [-0.05, 0) is 12.1 Å². The first-order valence-electron chi connectivity index (χ1n) is 4.81. The van der Waals surface area contributed by atoms with Gasteiger partial charge in [-0.3, -0.25) is 0 Å². The Morgan fingerprint density at radius 1 is 1.21 bits per heavy atom. The molecule has 0 spiro atoms. The second-order valence-corrected chi connectivity index (χ2v) is 5.97. The molecule has 0 unspecified atom stereocenters. The molecular formula is C9H10F5NO3Si. The highest BCUT2D eigenvalue weighted by molar-refractivity contribution is 6.62. The average Bonchev–Trinajstić information content (AvgIpc) is 2.39. The second kappa shape index (κ2) is 5.41. The van der Waals surface area contributed by atoms with Gasteiger partial charge in [0.2, 0.25) is 0 Å². The molecule has 0 aliphatic heterocycles. The number of hydrogen-bond acceptors (Lipinski definition) is 4. The Hall–Kier alpha value is -1.23. The molecule has 0 radical (unpaired) electrons. The Morgan fingerprint density at radius 2 is 1.74 bits per heavy atom. The van der Waals surface area contributed by atoms with E-state index in [9.17, 15) is 26.8 Å². The number of hydrogen-bond donors (Lipinski definition) is 1. The van der Waals surface area contributed by atoms with Crippen LogP contribution >= 0.6 is 0 Å². The van der Waals surface area contributed by atoms with Crippen molar-refractivity contribution in [3.8, 4) is 0 Å². The third-order valence-electron chi connectivity index (χ3n) is 2.32. The van der Waals surface area contributed by atoms with Gasteiger partial charge in [-0.25, -0.2) is 8.78 Å². The third-order valence-corrected chi connectivity index (χ3v) is 4.39. The minimum atomic E-state index is -5.28. The molecule has 4 nitrogen and oxygen atoms in total.